The van der Waals surface area contributed by atoms with Crippen molar-refractivity contribution in [3.05, 3.63) is 35.9 Å². The average molecular weight is 218 g/mol. The molecule has 1 aromatic rings. The first-order valence-corrected chi connectivity index (χ1v) is 5.89. The van der Waals surface area contributed by atoms with Gasteiger partial charge in [-0.1, -0.05) is 58.0 Å². The van der Waals surface area contributed by atoms with Crippen molar-refractivity contribution in [2.75, 3.05) is 0 Å². The maximum atomic E-state index is 11.1. The van der Waals surface area contributed by atoms with E-state index in [-0.39, 0.29) is 10.8 Å². The van der Waals surface area contributed by atoms with Crippen molar-refractivity contribution in [1.82, 2.24) is 0 Å². The number of hydrogen-bond acceptors (Lipinski definition) is 1. The van der Waals surface area contributed by atoms with Crippen LogP contribution in [0, 0.1) is 10.8 Å². The molecule has 0 aliphatic carbocycles. The summed E-state index contributed by atoms with van der Waals surface area (Å²) in [4.78, 5) is 11.1. The normalized spacial score (nSPS) is 12.5. The van der Waals surface area contributed by atoms with Gasteiger partial charge in [0.25, 0.3) is 0 Å². The Morgan fingerprint density at radius 2 is 1.62 bits per heavy atom. The number of carbonyl (C=O) groups excluding carboxylic acids is 1. The van der Waals surface area contributed by atoms with E-state index >= 15 is 0 Å². The molecule has 0 N–H and O–H groups in total. The summed E-state index contributed by atoms with van der Waals surface area (Å²) in [6, 6.07) is 10.4. The van der Waals surface area contributed by atoms with Crippen LogP contribution in [0.4, 0.5) is 0 Å². The van der Waals surface area contributed by atoms with Gasteiger partial charge in [0.1, 0.15) is 6.29 Å². The summed E-state index contributed by atoms with van der Waals surface area (Å²) >= 11 is 0. The summed E-state index contributed by atoms with van der Waals surface area (Å²) in [5.74, 6) is 0. The summed E-state index contributed by atoms with van der Waals surface area (Å²) in [5, 5.41) is 0. The molecule has 1 heteroatoms. The molecule has 1 nitrogen and oxygen atoms in total. The van der Waals surface area contributed by atoms with Gasteiger partial charge in [-0.3, -0.25) is 0 Å². The predicted molar refractivity (Wildman–Crippen MR) is 68.4 cm³/mol. The molecule has 16 heavy (non-hydrogen) atoms. The van der Waals surface area contributed by atoms with E-state index in [0.717, 1.165) is 19.1 Å². The minimum atomic E-state index is -0.262. The van der Waals surface area contributed by atoms with Crippen LogP contribution in [0.3, 0.4) is 0 Å². The molecule has 0 saturated carbocycles. The van der Waals surface area contributed by atoms with Gasteiger partial charge in [-0.05, 0) is 23.8 Å². The highest BCUT2D eigenvalue weighted by atomic mass is 16.1. The molecule has 0 amide bonds. The number of benzene rings is 1. The van der Waals surface area contributed by atoms with Crippen molar-refractivity contribution in [3.8, 4) is 0 Å². The van der Waals surface area contributed by atoms with E-state index in [1.165, 1.54) is 5.56 Å². The minimum absolute atomic E-state index is 0.0323. The van der Waals surface area contributed by atoms with Gasteiger partial charge in [0.05, 0.1) is 0 Å². The van der Waals surface area contributed by atoms with E-state index in [1.54, 1.807) is 0 Å². The maximum absolute atomic E-state index is 11.1. The van der Waals surface area contributed by atoms with Gasteiger partial charge in [0.2, 0.25) is 0 Å². The Hall–Kier alpha value is -1.11. The summed E-state index contributed by atoms with van der Waals surface area (Å²) in [5.41, 5.74) is 1.11. The molecule has 88 valence electrons. The zero-order chi connectivity index (χ0) is 12.2. The predicted octanol–water partition coefficient (Wildman–Crippen LogP) is 3.87. The molecule has 0 saturated heterocycles. The first-order chi connectivity index (χ1) is 7.39. The Morgan fingerprint density at radius 1 is 1.06 bits per heavy atom. The molecule has 0 radical (unpaired) electrons. The van der Waals surface area contributed by atoms with Crippen molar-refractivity contribution in [3.63, 3.8) is 0 Å². The van der Waals surface area contributed by atoms with Crippen LogP contribution < -0.4 is 0 Å². The SMILES string of the molecule is CC(C)(C=O)C(C)(C)CCc1ccccc1. The van der Waals surface area contributed by atoms with Crippen LogP contribution in [0.25, 0.3) is 0 Å². The zero-order valence-corrected chi connectivity index (χ0v) is 10.8. The van der Waals surface area contributed by atoms with Crippen molar-refractivity contribution in [2.45, 2.75) is 40.5 Å². The number of aryl methyl sites for hydroxylation is 1. The zero-order valence-electron chi connectivity index (χ0n) is 10.8. The lowest BCUT2D eigenvalue weighted by Gasteiger charge is -2.37. The molecule has 0 aliphatic heterocycles. The summed E-state index contributed by atoms with van der Waals surface area (Å²) < 4.78 is 0. The van der Waals surface area contributed by atoms with Crippen molar-refractivity contribution in [2.24, 2.45) is 10.8 Å². The fourth-order valence-electron chi connectivity index (χ4n) is 1.58. The Kier molecular flexibility index (Phi) is 3.90. The van der Waals surface area contributed by atoms with Gasteiger partial charge in [-0.25, -0.2) is 0 Å². The van der Waals surface area contributed by atoms with Crippen molar-refractivity contribution < 1.29 is 4.79 Å². The van der Waals surface area contributed by atoms with Gasteiger partial charge in [-0.15, -0.1) is 0 Å². The Morgan fingerprint density at radius 3 is 2.12 bits per heavy atom. The van der Waals surface area contributed by atoms with Gasteiger partial charge < -0.3 is 4.79 Å². The van der Waals surface area contributed by atoms with E-state index in [4.69, 9.17) is 0 Å². The molecule has 0 heterocycles. The summed E-state index contributed by atoms with van der Waals surface area (Å²) in [6.07, 6.45) is 3.14. The quantitative estimate of drug-likeness (QED) is 0.686. The standard InChI is InChI=1S/C15H22O/c1-14(2,15(3,4)12-16)11-10-13-8-6-5-7-9-13/h5-9,12H,10-11H2,1-4H3. The third kappa shape index (κ3) is 2.94. The second-order valence-electron chi connectivity index (χ2n) is 5.71. The van der Waals surface area contributed by atoms with Crippen LogP contribution in [0.5, 0.6) is 0 Å². The van der Waals surface area contributed by atoms with Crippen LogP contribution in [0.1, 0.15) is 39.7 Å². The largest absolute Gasteiger partial charge is 0.303 e. The molecule has 0 atom stereocenters. The molecule has 0 unspecified atom stereocenters. The Labute approximate surface area is 98.9 Å². The van der Waals surface area contributed by atoms with E-state index in [2.05, 4.69) is 38.1 Å². The maximum Gasteiger partial charge on any atom is 0.126 e. The van der Waals surface area contributed by atoms with Crippen molar-refractivity contribution >= 4 is 6.29 Å². The monoisotopic (exact) mass is 218 g/mol. The van der Waals surface area contributed by atoms with Crippen LogP contribution in [-0.2, 0) is 11.2 Å². The lowest BCUT2D eigenvalue weighted by Crippen LogP contribution is -2.34. The van der Waals surface area contributed by atoms with Crippen LogP contribution in [-0.4, -0.2) is 6.29 Å². The fraction of sp³-hybridized carbons (Fsp3) is 0.533. The highest BCUT2D eigenvalue weighted by molar-refractivity contribution is 5.59. The van der Waals surface area contributed by atoms with Gasteiger partial charge in [-0.2, -0.15) is 0 Å². The van der Waals surface area contributed by atoms with E-state index < -0.39 is 0 Å². The molecule has 1 rings (SSSR count). The topological polar surface area (TPSA) is 17.1 Å². The van der Waals surface area contributed by atoms with E-state index in [1.807, 2.05) is 19.9 Å². The number of rotatable bonds is 5. The molecular formula is C15H22O. The highest BCUT2D eigenvalue weighted by Crippen LogP contribution is 2.40. The summed E-state index contributed by atoms with van der Waals surface area (Å²) in [6.45, 7) is 8.38. The lowest BCUT2D eigenvalue weighted by molar-refractivity contribution is -0.120. The molecule has 1 aromatic carbocycles. The molecule has 0 aromatic heterocycles. The van der Waals surface area contributed by atoms with Gasteiger partial charge >= 0.3 is 0 Å². The smallest absolute Gasteiger partial charge is 0.126 e. The van der Waals surface area contributed by atoms with Gasteiger partial charge in [0, 0.05) is 5.41 Å². The van der Waals surface area contributed by atoms with E-state index in [0.29, 0.717) is 0 Å². The van der Waals surface area contributed by atoms with E-state index in [9.17, 15) is 4.79 Å². The molecular weight excluding hydrogens is 196 g/mol. The van der Waals surface area contributed by atoms with Crippen LogP contribution in [0.15, 0.2) is 30.3 Å². The second kappa shape index (κ2) is 4.82. The second-order valence-corrected chi connectivity index (χ2v) is 5.71. The first-order valence-electron chi connectivity index (χ1n) is 5.89. The number of hydrogen-bond donors (Lipinski definition) is 0. The third-order valence-corrected chi connectivity index (χ3v) is 3.92. The molecule has 0 fully saturated rings. The van der Waals surface area contributed by atoms with Crippen LogP contribution in [0.2, 0.25) is 0 Å². The van der Waals surface area contributed by atoms with Crippen molar-refractivity contribution in [1.29, 1.82) is 0 Å². The third-order valence-electron chi connectivity index (χ3n) is 3.92. The fourth-order valence-corrected chi connectivity index (χ4v) is 1.58. The Balaban J connectivity index is 2.65. The summed E-state index contributed by atoms with van der Waals surface area (Å²) in [7, 11) is 0. The van der Waals surface area contributed by atoms with Gasteiger partial charge in [0.15, 0.2) is 0 Å². The average Bonchev–Trinajstić information content (AvgIpc) is 2.27. The number of carbonyl (C=O) groups is 1. The first kappa shape index (κ1) is 13.0. The Bertz CT molecular complexity index is 336. The minimum Gasteiger partial charge on any atom is -0.303 e. The number of aldehydes is 1. The lowest BCUT2D eigenvalue weighted by atomic mass is 9.66. The van der Waals surface area contributed by atoms with Crippen LogP contribution >= 0.6 is 0 Å². The highest BCUT2D eigenvalue weighted by Gasteiger charge is 2.36. The molecule has 0 aliphatic rings. The molecule has 0 bridgehead atoms. The molecule has 0 spiro atoms.